The van der Waals surface area contributed by atoms with Crippen molar-refractivity contribution in [3.63, 3.8) is 0 Å². The predicted molar refractivity (Wildman–Crippen MR) is 51.8 cm³/mol. The molecule has 0 atom stereocenters. The maximum atomic E-state index is 10.7. The molecule has 0 radical (unpaired) electrons. The van der Waals surface area contributed by atoms with Gasteiger partial charge in [0.25, 0.3) is 17.6 Å². The van der Waals surface area contributed by atoms with Crippen LogP contribution in [0.15, 0.2) is 9.90 Å². The van der Waals surface area contributed by atoms with Crippen molar-refractivity contribution >= 4 is 17.2 Å². The van der Waals surface area contributed by atoms with Gasteiger partial charge in [-0.15, -0.1) is 11.3 Å². The van der Waals surface area contributed by atoms with Gasteiger partial charge in [0.15, 0.2) is 0 Å². The van der Waals surface area contributed by atoms with E-state index in [0.717, 1.165) is 5.01 Å². The summed E-state index contributed by atoms with van der Waals surface area (Å²) in [5.74, 6) is -0.730. The second kappa shape index (κ2) is 3.75. The van der Waals surface area contributed by atoms with Gasteiger partial charge < -0.3 is 16.0 Å². The number of aromatic nitrogens is 3. The van der Waals surface area contributed by atoms with E-state index in [1.807, 2.05) is 0 Å². The molecular weight excluding hydrogens is 218 g/mol. The summed E-state index contributed by atoms with van der Waals surface area (Å²) in [4.78, 5) is 18.6. The standard InChI is InChI=1S/C7H7N5O2S/c8-1-4-10-3(2-15-4)7-11-6(5(9)13)12-14-7/h2H,1,8H2,(H2,9,13). The summed E-state index contributed by atoms with van der Waals surface area (Å²) in [6.45, 7) is 0.349. The van der Waals surface area contributed by atoms with Gasteiger partial charge in [-0.2, -0.15) is 4.98 Å². The quantitative estimate of drug-likeness (QED) is 0.742. The van der Waals surface area contributed by atoms with Gasteiger partial charge in [-0.1, -0.05) is 5.16 Å². The third kappa shape index (κ3) is 1.85. The van der Waals surface area contributed by atoms with E-state index in [2.05, 4.69) is 15.1 Å². The molecule has 2 rings (SSSR count). The lowest BCUT2D eigenvalue weighted by atomic mass is 10.5. The van der Waals surface area contributed by atoms with Gasteiger partial charge in [-0.05, 0) is 0 Å². The highest BCUT2D eigenvalue weighted by molar-refractivity contribution is 7.09. The van der Waals surface area contributed by atoms with Crippen molar-refractivity contribution in [2.45, 2.75) is 6.54 Å². The van der Waals surface area contributed by atoms with E-state index < -0.39 is 5.91 Å². The van der Waals surface area contributed by atoms with Gasteiger partial charge in [0.1, 0.15) is 10.7 Å². The molecule has 0 fully saturated rings. The largest absolute Gasteiger partial charge is 0.363 e. The van der Waals surface area contributed by atoms with Crippen molar-refractivity contribution in [2.24, 2.45) is 11.5 Å². The Labute approximate surface area is 88.1 Å². The normalized spacial score (nSPS) is 10.5. The summed E-state index contributed by atoms with van der Waals surface area (Å²) < 4.78 is 4.81. The van der Waals surface area contributed by atoms with Gasteiger partial charge in [0.2, 0.25) is 0 Å². The van der Waals surface area contributed by atoms with Crippen LogP contribution in [-0.4, -0.2) is 21.0 Å². The minimum absolute atomic E-state index is 0.160. The van der Waals surface area contributed by atoms with Crippen LogP contribution in [-0.2, 0) is 6.54 Å². The summed E-state index contributed by atoms with van der Waals surface area (Å²) >= 11 is 1.38. The fraction of sp³-hybridized carbons (Fsp3) is 0.143. The van der Waals surface area contributed by atoms with Crippen LogP contribution >= 0.6 is 11.3 Å². The Bertz CT molecular complexity index is 491. The van der Waals surface area contributed by atoms with Crippen LogP contribution < -0.4 is 11.5 Å². The zero-order valence-electron chi connectivity index (χ0n) is 7.51. The highest BCUT2D eigenvalue weighted by Crippen LogP contribution is 2.19. The summed E-state index contributed by atoms with van der Waals surface area (Å²) in [5, 5.41) is 5.88. The Morgan fingerprint density at radius 1 is 1.53 bits per heavy atom. The van der Waals surface area contributed by atoms with Crippen molar-refractivity contribution < 1.29 is 9.32 Å². The van der Waals surface area contributed by atoms with Crippen LogP contribution in [0.2, 0.25) is 0 Å². The van der Waals surface area contributed by atoms with Gasteiger partial charge in [0.05, 0.1) is 0 Å². The Morgan fingerprint density at radius 3 is 2.87 bits per heavy atom. The minimum Gasteiger partial charge on any atom is -0.363 e. The molecule has 0 saturated heterocycles. The summed E-state index contributed by atoms with van der Waals surface area (Å²) in [7, 11) is 0. The van der Waals surface area contributed by atoms with Crippen molar-refractivity contribution in [1.82, 2.24) is 15.1 Å². The van der Waals surface area contributed by atoms with Crippen LogP contribution in [0.25, 0.3) is 11.6 Å². The maximum absolute atomic E-state index is 10.7. The molecule has 78 valence electrons. The number of nitrogens with two attached hydrogens (primary N) is 2. The number of hydrogen-bond donors (Lipinski definition) is 2. The van der Waals surface area contributed by atoms with Gasteiger partial charge in [-0.25, -0.2) is 4.98 Å². The number of rotatable bonds is 3. The van der Waals surface area contributed by atoms with Crippen molar-refractivity contribution in [3.05, 3.63) is 16.2 Å². The SMILES string of the molecule is NCc1nc(-c2nc(C(N)=O)no2)cs1. The van der Waals surface area contributed by atoms with E-state index in [-0.39, 0.29) is 11.7 Å². The Balaban J connectivity index is 2.32. The number of carbonyl (C=O) groups excluding carboxylic acids is 1. The zero-order chi connectivity index (χ0) is 10.8. The van der Waals surface area contributed by atoms with Crippen LogP contribution in [0, 0.1) is 0 Å². The second-order valence-corrected chi connectivity index (χ2v) is 3.56. The van der Waals surface area contributed by atoms with E-state index in [4.69, 9.17) is 16.0 Å². The number of nitrogens with zero attached hydrogens (tertiary/aromatic N) is 3. The fourth-order valence-corrected chi connectivity index (χ4v) is 1.58. The molecule has 1 amide bonds. The van der Waals surface area contributed by atoms with E-state index >= 15 is 0 Å². The number of thiazole rings is 1. The van der Waals surface area contributed by atoms with Gasteiger partial charge in [0, 0.05) is 11.9 Å². The lowest BCUT2D eigenvalue weighted by Crippen LogP contribution is -2.12. The summed E-state index contributed by atoms with van der Waals surface area (Å²) in [6.07, 6.45) is 0. The molecule has 0 aromatic carbocycles. The van der Waals surface area contributed by atoms with E-state index in [9.17, 15) is 4.79 Å². The fourth-order valence-electron chi connectivity index (χ4n) is 0.930. The Kier molecular flexibility index (Phi) is 2.44. The average molecular weight is 225 g/mol. The topological polar surface area (TPSA) is 121 Å². The van der Waals surface area contributed by atoms with Crippen LogP contribution in [0.3, 0.4) is 0 Å². The molecule has 0 spiro atoms. The minimum atomic E-state index is -0.737. The van der Waals surface area contributed by atoms with Crippen LogP contribution in [0.5, 0.6) is 0 Å². The zero-order valence-corrected chi connectivity index (χ0v) is 8.32. The molecule has 2 aromatic heterocycles. The summed E-state index contributed by atoms with van der Waals surface area (Å²) in [6, 6.07) is 0. The lowest BCUT2D eigenvalue weighted by Gasteiger charge is -1.84. The molecule has 0 aliphatic rings. The highest BCUT2D eigenvalue weighted by atomic mass is 32.1. The second-order valence-electron chi connectivity index (χ2n) is 2.62. The molecular formula is C7H7N5O2S. The summed E-state index contributed by atoms with van der Waals surface area (Å²) in [5.41, 5.74) is 10.9. The first-order chi connectivity index (χ1) is 7.20. The number of amides is 1. The van der Waals surface area contributed by atoms with E-state index in [1.165, 1.54) is 11.3 Å². The average Bonchev–Trinajstić information content (AvgIpc) is 2.86. The third-order valence-electron chi connectivity index (χ3n) is 1.59. The number of carbonyl (C=O) groups is 1. The molecule has 0 unspecified atom stereocenters. The molecule has 4 N–H and O–H groups in total. The van der Waals surface area contributed by atoms with E-state index in [0.29, 0.717) is 12.2 Å². The van der Waals surface area contributed by atoms with Crippen molar-refractivity contribution in [1.29, 1.82) is 0 Å². The molecule has 2 aromatic rings. The van der Waals surface area contributed by atoms with Crippen molar-refractivity contribution in [2.75, 3.05) is 0 Å². The van der Waals surface area contributed by atoms with Gasteiger partial charge in [-0.3, -0.25) is 4.79 Å². The molecule has 7 nitrogen and oxygen atoms in total. The molecule has 15 heavy (non-hydrogen) atoms. The molecule has 0 bridgehead atoms. The molecule has 0 saturated carbocycles. The van der Waals surface area contributed by atoms with Crippen molar-refractivity contribution in [3.8, 4) is 11.6 Å². The highest BCUT2D eigenvalue weighted by Gasteiger charge is 2.14. The molecule has 0 aliphatic carbocycles. The molecule has 0 aliphatic heterocycles. The first-order valence-corrected chi connectivity index (χ1v) is 4.87. The predicted octanol–water partition coefficient (Wildman–Crippen LogP) is -0.249. The lowest BCUT2D eigenvalue weighted by molar-refractivity contribution is 0.0987. The smallest absolute Gasteiger partial charge is 0.290 e. The van der Waals surface area contributed by atoms with Gasteiger partial charge >= 0.3 is 0 Å². The first kappa shape index (κ1) is 9.74. The first-order valence-electron chi connectivity index (χ1n) is 3.99. The molecule has 2 heterocycles. The third-order valence-corrected chi connectivity index (χ3v) is 2.46. The maximum Gasteiger partial charge on any atom is 0.290 e. The van der Waals surface area contributed by atoms with Crippen LogP contribution in [0.1, 0.15) is 15.6 Å². The Morgan fingerprint density at radius 2 is 2.33 bits per heavy atom. The monoisotopic (exact) mass is 225 g/mol. The Hall–Kier alpha value is -1.80. The van der Waals surface area contributed by atoms with Crippen LogP contribution in [0.4, 0.5) is 0 Å². The number of hydrogen-bond acceptors (Lipinski definition) is 7. The molecule has 8 heteroatoms. The van der Waals surface area contributed by atoms with E-state index in [1.54, 1.807) is 5.38 Å². The number of primary amides is 1.